The maximum atomic E-state index is 4.40. The summed E-state index contributed by atoms with van der Waals surface area (Å²) in [5.74, 6) is 1.04. The van der Waals surface area contributed by atoms with Crippen molar-refractivity contribution in [1.29, 1.82) is 0 Å². The molecular formula is C21H28N4. The third-order valence-electron chi connectivity index (χ3n) is 5.78. The lowest BCUT2D eigenvalue weighted by Crippen LogP contribution is -2.44. The molecule has 1 aromatic carbocycles. The minimum absolute atomic E-state index is 0.425. The number of benzene rings is 1. The van der Waals surface area contributed by atoms with Gasteiger partial charge in [-0.1, -0.05) is 29.8 Å². The van der Waals surface area contributed by atoms with E-state index in [0.717, 1.165) is 31.1 Å². The molecule has 2 fully saturated rings. The molecule has 1 atom stereocenters. The number of nitrogens with zero attached hydrogens (tertiary/aromatic N) is 4. The van der Waals surface area contributed by atoms with Gasteiger partial charge in [0.2, 0.25) is 0 Å². The number of anilines is 1. The Hall–Kier alpha value is -1.94. The van der Waals surface area contributed by atoms with Gasteiger partial charge in [0.05, 0.1) is 5.69 Å². The van der Waals surface area contributed by atoms with Crippen LogP contribution in [0.3, 0.4) is 0 Å². The van der Waals surface area contributed by atoms with Crippen LogP contribution in [-0.2, 0) is 6.54 Å². The number of hydrogen-bond acceptors (Lipinski definition) is 4. The van der Waals surface area contributed by atoms with E-state index >= 15 is 0 Å². The Kier molecular flexibility index (Phi) is 4.46. The van der Waals surface area contributed by atoms with Crippen LogP contribution in [0.25, 0.3) is 0 Å². The van der Waals surface area contributed by atoms with Gasteiger partial charge < -0.3 is 4.90 Å². The summed E-state index contributed by atoms with van der Waals surface area (Å²) in [7, 11) is 0. The molecule has 1 spiro atoms. The summed E-state index contributed by atoms with van der Waals surface area (Å²) in [5.41, 5.74) is 4.21. The fourth-order valence-electron chi connectivity index (χ4n) is 4.54. The average Bonchev–Trinajstić information content (AvgIpc) is 2.99. The van der Waals surface area contributed by atoms with Crippen molar-refractivity contribution in [2.75, 3.05) is 31.1 Å². The summed E-state index contributed by atoms with van der Waals surface area (Å²) in [6.07, 6.45) is 3.92. The van der Waals surface area contributed by atoms with Crippen LogP contribution in [0.5, 0.6) is 0 Å². The molecule has 0 amide bonds. The summed E-state index contributed by atoms with van der Waals surface area (Å²) >= 11 is 0. The van der Waals surface area contributed by atoms with Crippen molar-refractivity contribution in [1.82, 2.24) is 15.1 Å². The lowest BCUT2D eigenvalue weighted by atomic mass is 9.79. The van der Waals surface area contributed by atoms with E-state index in [9.17, 15) is 0 Å². The molecule has 2 aliphatic heterocycles. The summed E-state index contributed by atoms with van der Waals surface area (Å²) in [6, 6.07) is 13.1. The van der Waals surface area contributed by atoms with Gasteiger partial charge in [-0.05, 0) is 57.4 Å². The molecule has 4 heteroatoms. The van der Waals surface area contributed by atoms with Gasteiger partial charge in [0.1, 0.15) is 0 Å². The normalized spacial score (nSPS) is 24.2. The quantitative estimate of drug-likeness (QED) is 0.857. The number of aromatic nitrogens is 2. The smallest absolute Gasteiger partial charge is 0.151 e. The van der Waals surface area contributed by atoms with E-state index in [0.29, 0.717) is 5.41 Å². The van der Waals surface area contributed by atoms with Crippen molar-refractivity contribution < 1.29 is 0 Å². The van der Waals surface area contributed by atoms with Crippen LogP contribution < -0.4 is 4.90 Å². The molecule has 2 aromatic rings. The van der Waals surface area contributed by atoms with Crippen molar-refractivity contribution in [3.63, 3.8) is 0 Å². The maximum Gasteiger partial charge on any atom is 0.151 e. The Morgan fingerprint density at radius 3 is 2.72 bits per heavy atom. The Morgan fingerprint density at radius 1 is 1.00 bits per heavy atom. The zero-order chi connectivity index (χ0) is 17.3. The van der Waals surface area contributed by atoms with E-state index in [1.807, 2.05) is 6.92 Å². The molecule has 0 unspecified atom stereocenters. The highest BCUT2D eigenvalue weighted by atomic mass is 15.3. The summed E-state index contributed by atoms with van der Waals surface area (Å²) in [5, 5.41) is 8.63. The van der Waals surface area contributed by atoms with E-state index in [2.05, 4.69) is 63.3 Å². The van der Waals surface area contributed by atoms with Crippen molar-refractivity contribution in [2.45, 2.75) is 39.7 Å². The summed E-state index contributed by atoms with van der Waals surface area (Å²) in [4.78, 5) is 5.09. The highest BCUT2D eigenvalue weighted by Gasteiger charge is 2.41. The van der Waals surface area contributed by atoms with Crippen LogP contribution in [0.15, 0.2) is 36.4 Å². The molecule has 0 aliphatic carbocycles. The maximum absolute atomic E-state index is 4.40. The van der Waals surface area contributed by atoms with Gasteiger partial charge in [-0.15, -0.1) is 5.10 Å². The molecular weight excluding hydrogens is 308 g/mol. The third kappa shape index (κ3) is 3.69. The Labute approximate surface area is 150 Å². The summed E-state index contributed by atoms with van der Waals surface area (Å²) < 4.78 is 0. The lowest BCUT2D eigenvalue weighted by molar-refractivity contribution is 0.0991. The molecule has 4 rings (SSSR count). The highest BCUT2D eigenvalue weighted by molar-refractivity contribution is 5.39. The molecule has 2 saturated heterocycles. The molecule has 0 saturated carbocycles. The number of likely N-dealkylation sites (tertiary alicyclic amines) is 1. The molecule has 0 N–H and O–H groups in total. The van der Waals surface area contributed by atoms with Crippen LogP contribution in [0.2, 0.25) is 0 Å². The van der Waals surface area contributed by atoms with Crippen LogP contribution >= 0.6 is 0 Å². The van der Waals surface area contributed by atoms with Gasteiger partial charge in [-0.25, -0.2) is 0 Å². The topological polar surface area (TPSA) is 32.3 Å². The van der Waals surface area contributed by atoms with Gasteiger partial charge >= 0.3 is 0 Å². The van der Waals surface area contributed by atoms with Gasteiger partial charge in [-0.2, -0.15) is 5.10 Å². The molecule has 2 aliphatic rings. The number of hydrogen-bond donors (Lipinski definition) is 0. The van der Waals surface area contributed by atoms with Gasteiger partial charge in [0.15, 0.2) is 5.82 Å². The largest absolute Gasteiger partial charge is 0.355 e. The first-order valence-electron chi connectivity index (χ1n) is 9.45. The van der Waals surface area contributed by atoms with E-state index in [1.165, 1.54) is 43.5 Å². The first-order chi connectivity index (χ1) is 12.1. The number of piperidine rings is 1. The molecule has 0 radical (unpaired) electrons. The molecule has 4 nitrogen and oxygen atoms in total. The number of aryl methyl sites for hydroxylation is 2. The molecule has 3 heterocycles. The van der Waals surface area contributed by atoms with Crippen LogP contribution in [0, 0.1) is 19.3 Å². The molecule has 1 aromatic heterocycles. The third-order valence-corrected chi connectivity index (χ3v) is 5.78. The molecule has 0 bridgehead atoms. The van der Waals surface area contributed by atoms with E-state index in [-0.39, 0.29) is 0 Å². The summed E-state index contributed by atoms with van der Waals surface area (Å²) in [6.45, 7) is 9.90. The van der Waals surface area contributed by atoms with E-state index in [1.54, 1.807) is 0 Å². The fourth-order valence-corrected chi connectivity index (χ4v) is 4.54. The van der Waals surface area contributed by atoms with Gasteiger partial charge in [-0.3, -0.25) is 4.90 Å². The zero-order valence-electron chi connectivity index (χ0n) is 15.4. The monoisotopic (exact) mass is 336 g/mol. The van der Waals surface area contributed by atoms with Gasteiger partial charge in [0, 0.05) is 31.6 Å². The lowest BCUT2D eigenvalue weighted by Gasteiger charge is -2.40. The molecule has 25 heavy (non-hydrogen) atoms. The van der Waals surface area contributed by atoms with Crippen LogP contribution in [0.1, 0.15) is 36.1 Å². The van der Waals surface area contributed by atoms with Crippen LogP contribution in [-0.4, -0.2) is 41.3 Å². The minimum atomic E-state index is 0.425. The highest BCUT2D eigenvalue weighted by Crippen LogP contribution is 2.40. The predicted molar refractivity (Wildman–Crippen MR) is 102 cm³/mol. The average molecular weight is 336 g/mol. The zero-order valence-corrected chi connectivity index (χ0v) is 15.4. The van der Waals surface area contributed by atoms with Crippen molar-refractivity contribution in [3.8, 4) is 0 Å². The molecule has 132 valence electrons. The first kappa shape index (κ1) is 16.5. The van der Waals surface area contributed by atoms with Crippen LogP contribution in [0.4, 0.5) is 5.82 Å². The second-order valence-electron chi connectivity index (χ2n) is 8.01. The Bertz CT molecular complexity index is 727. The second-order valence-corrected chi connectivity index (χ2v) is 8.01. The predicted octanol–water partition coefficient (Wildman–Crippen LogP) is 3.59. The van der Waals surface area contributed by atoms with Crippen molar-refractivity contribution in [3.05, 3.63) is 53.2 Å². The number of rotatable bonds is 3. The van der Waals surface area contributed by atoms with Crippen molar-refractivity contribution >= 4 is 5.82 Å². The van der Waals surface area contributed by atoms with E-state index in [4.69, 9.17) is 0 Å². The standard InChI is InChI=1S/C21H28N4/c1-17-5-3-6-19(13-17)14-24-11-4-9-21(15-24)10-12-25(16-21)20-8-7-18(2)22-23-20/h3,5-8,13H,4,9-12,14-16H2,1-2H3/t21-/m1/s1. The Balaban J connectivity index is 1.43. The van der Waals surface area contributed by atoms with E-state index < -0.39 is 0 Å². The van der Waals surface area contributed by atoms with Gasteiger partial charge in [0.25, 0.3) is 0 Å². The SMILES string of the molecule is Cc1cccc(CN2CCC[C@@]3(CCN(c4ccc(C)nn4)C3)C2)c1. The fraction of sp³-hybridized carbons (Fsp3) is 0.524. The first-order valence-corrected chi connectivity index (χ1v) is 9.45. The van der Waals surface area contributed by atoms with Crippen molar-refractivity contribution in [2.24, 2.45) is 5.41 Å². The Morgan fingerprint density at radius 2 is 1.92 bits per heavy atom. The second kappa shape index (κ2) is 6.75. The minimum Gasteiger partial charge on any atom is -0.355 e.